The van der Waals surface area contributed by atoms with Crippen LogP contribution in [0.4, 0.5) is 5.69 Å². The summed E-state index contributed by atoms with van der Waals surface area (Å²) in [5, 5.41) is 7.71. The van der Waals surface area contributed by atoms with Crippen molar-refractivity contribution in [3.63, 3.8) is 0 Å². The van der Waals surface area contributed by atoms with Crippen LogP contribution >= 0.6 is 23.2 Å². The third-order valence-corrected chi connectivity index (χ3v) is 6.19. The van der Waals surface area contributed by atoms with E-state index in [4.69, 9.17) is 23.2 Å². The molecule has 0 atom stereocenters. The van der Waals surface area contributed by atoms with Gasteiger partial charge in [-0.15, -0.1) is 0 Å². The average molecular weight is 433 g/mol. The van der Waals surface area contributed by atoms with Crippen LogP contribution in [0.25, 0.3) is 5.69 Å². The van der Waals surface area contributed by atoms with Crippen molar-refractivity contribution in [3.8, 4) is 5.69 Å². The van der Waals surface area contributed by atoms with Gasteiger partial charge in [0.2, 0.25) is 10.0 Å². The molecule has 0 bridgehead atoms. The van der Waals surface area contributed by atoms with Crippen molar-refractivity contribution in [2.75, 3.05) is 31.2 Å². The standard InChI is InChI=1S/C17H22Cl2N4O3S/c1-4-22(27(3,25)26)9-5-8-20-15-11-21-23(17(24)16(15)19)13-7-6-12(2)14(18)10-13/h6-7,10-11,20H,4-5,8-9H2,1-3H3. The Labute approximate surface area is 168 Å². The number of rotatable bonds is 8. The first-order valence-corrected chi connectivity index (χ1v) is 11.0. The fraction of sp³-hybridized carbons (Fsp3) is 0.412. The van der Waals surface area contributed by atoms with E-state index < -0.39 is 15.6 Å². The Kier molecular flexibility index (Phi) is 7.27. The van der Waals surface area contributed by atoms with Gasteiger partial charge in [0.05, 0.1) is 23.8 Å². The molecule has 0 aliphatic carbocycles. The van der Waals surface area contributed by atoms with Crippen LogP contribution in [0.1, 0.15) is 18.9 Å². The number of benzene rings is 1. The summed E-state index contributed by atoms with van der Waals surface area (Å²) in [6.07, 6.45) is 3.21. The number of aromatic nitrogens is 2. The van der Waals surface area contributed by atoms with Crippen molar-refractivity contribution in [2.24, 2.45) is 0 Å². The van der Waals surface area contributed by atoms with Crippen LogP contribution in [0.3, 0.4) is 0 Å². The maximum Gasteiger partial charge on any atom is 0.292 e. The molecule has 0 saturated carbocycles. The van der Waals surface area contributed by atoms with E-state index in [0.717, 1.165) is 5.56 Å². The molecule has 0 saturated heterocycles. The van der Waals surface area contributed by atoms with Crippen LogP contribution < -0.4 is 10.9 Å². The summed E-state index contributed by atoms with van der Waals surface area (Å²) in [6.45, 7) is 4.90. The monoisotopic (exact) mass is 432 g/mol. The van der Waals surface area contributed by atoms with Gasteiger partial charge in [-0.25, -0.2) is 12.7 Å². The molecule has 10 heteroatoms. The second kappa shape index (κ2) is 9.05. The number of aryl methyl sites for hydroxylation is 1. The number of sulfonamides is 1. The van der Waals surface area contributed by atoms with Gasteiger partial charge in [-0.05, 0) is 31.0 Å². The molecule has 0 fully saturated rings. The molecule has 0 radical (unpaired) electrons. The third kappa shape index (κ3) is 5.44. The minimum absolute atomic E-state index is 0.0113. The van der Waals surface area contributed by atoms with Gasteiger partial charge < -0.3 is 5.32 Å². The molecule has 7 nitrogen and oxygen atoms in total. The number of hydrogen-bond acceptors (Lipinski definition) is 5. The zero-order valence-corrected chi connectivity index (χ0v) is 17.7. The minimum atomic E-state index is -3.21. The van der Waals surface area contributed by atoms with E-state index in [-0.39, 0.29) is 5.02 Å². The molecule has 27 heavy (non-hydrogen) atoms. The molecule has 0 spiro atoms. The summed E-state index contributed by atoms with van der Waals surface area (Å²) < 4.78 is 25.7. The van der Waals surface area contributed by atoms with Crippen molar-refractivity contribution in [1.29, 1.82) is 0 Å². The molecule has 0 aliphatic heterocycles. The second-order valence-electron chi connectivity index (χ2n) is 6.06. The minimum Gasteiger partial charge on any atom is -0.382 e. The van der Waals surface area contributed by atoms with Gasteiger partial charge in [-0.1, -0.05) is 36.2 Å². The second-order valence-corrected chi connectivity index (χ2v) is 8.83. The zero-order chi connectivity index (χ0) is 20.2. The number of anilines is 1. The first-order chi connectivity index (χ1) is 12.6. The smallest absolute Gasteiger partial charge is 0.292 e. The maximum absolute atomic E-state index is 12.5. The SMILES string of the molecule is CCN(CCCNc1cnn(-c2ccc(C)c(Cl)c2)c(=O)c1Cl)S(C)(=O)=O. The Morgan fingerprint density at radius 3 is 2.59 bits per heavy atom. The predicted octanol–water partition coefficient (Wildman–Crippen LogP) is 2.93. The van der Waals surface area contributed by atoms with Gasteiger partial charge in [0.15, 0.2) is 0 Å². The van der Waals surface area contributed by atoms with Crippen LogP contribution in [0.5, 0.6) is 0 Å². The molecule has 0 unspecified atom stereocenters. The fourth-order valence-electron chi connectivity index (χ4n) is 2.49. The number of halogens is 2. The Morgan fingerprint density at radius 1 is 1.30 bits per heavy atom. The van der Waals surface area contributed by atoms with E-state index in [1.54, 1.807) is 25.1 Å². The highest BCUT2D eigenvalue weighted by Gasteiger charge is 2.14. The quantitative estimate of drug-likeness (QED) is 0.648. The topological polar surface area (TPSA) is 84.3 Å². The average Bonchev–Trinajstić information content (AvgIpc) is 2.60. The van der Waals surface area contributed by atoms with Crippen LogP contribution in [-0.2, 0) is 10.0 Å². The molecule has 1 heterocycles. The summed E-state index contributed by atoms with van der Waals surface area (Å²) >= 11 is 12.3. The molecule has 1 N–H and O–H groups in total. The lowest BCUT2D eigenvalue weighted by Gasteiger charge is -2.18. The van der Waals surface area contributed by atoms with Crippen molar-refractivity contribution in [3.05, 3.63) is 50.4 Å². The van der Waals surface area contributed by atoms with Crippen LogP contribution in [0.2, 0.25) is 10.0 Å². The molecule has 1 aromatic carbocycles. The first-order valence-electron chi connectivity index (χ1n) is 8.38. The normalized spacial score (nSPS) is 11.8. The van der Waals surface area contributed by atoms with Gasteiger partial charge in [0.1, 0.15) is 5.02 Å². The van der Waals surface area contributed by atoms with E-state index in [9.17, 15) is 13.2 Å². The van der Waals surface area contributed by atoms with Gasteiger partial charge >= 0.3 is 0 Å². The van der Waals surface area contributed by atoms with E-state index in [1.165, 1.54) is 21.4 Å². The summed E-state index contributed by atoms with van der Waals surface area (Å²) in [5.41, 5.74) is 1.36. The summed E-state index contributed by atoms with van der Waals surface area (Å²) in [5.74, 6) is 0. The van der Waals surface area contributed by atoms with Crippen molar-refractivity contribution in [2.45, 2.75) is 20.3 Å². The largest absolute Gasteiger partial charge is 0.382 e. The van der Waals surface area contributed by atoms with Crippen LogP contribution in [-0.4, -0.2) is 48.4 Å². The number of hydrogen-bond donors (Lipinski definition) is 1. The highest BCUT2D eigenvalue weighted by atomic mass is 35.5. The first kappa shape index (κ1) is 21.7. The molecular weight excluding hydrogens is 411 g/mol. The predicted molar refractivity (Wildman–Crippen MR) is 110 cm³/mol. The maximum atomic E-state index is 12.5. The lowest BCUT2D eigenvalue weighted by atomic mass is 10.2. The lowest BCUT2D eigenvalue weighted by molar-refractivity contribution is 0.429. The Bertz CT molecular complexity index is 977. The van der Waals surface area contributed by atoms with E-state index in [1.807, 2.05) is 6.92 Å². The summed E-state index contributed by atoms with van der Waals surface area (Å²) in [4.78, 5) is 12.5. The molecule has 0 amide bonds. The Morgan fingerprint density at radius 2 is 2.00 bits per heavy atom. The Balaban J connectivity index is 2.09. The highest BCUT2D eigenvalue weighted by Crippen LogP contribution is 2.20. The van der Waals surface area contributed by atoms with Gasteiger partial charge in [0.25, 0.3) is 5.56 Å². The molecule has 2 aromatic rings. The van der Waals surface area contributed by atoms with Crippen molar-refractivity contribution < 1.29 is 8.42 Å². The van der Waals surface area contributed by atoms with Crippen LogP contribution in [0.15, 0.2) is 29.2 Å². The van der Waals surface area contributed by atoms with E-state index in [2.05, 4.69) is 10.4 Å². The van der Waals surface area contributed by atoms with Gasteiger partial charge in [-0.3, -0.25) is 4.79 Å². The highest BCUT2D eigenvalue weighted by molar-refractivity contribution is 7.88. The Hall–Kier alpha value is -1.61. The molecule has 0 aliphatic rings. The van der Waals surface area contributed by atoms with Gasteiger partial charge in [0, 0.05) is 24.7 Å². The lowest BCUT2D eigenvalue weighted by Crippen LogP contribution is -2.31. The molecule has 1 aromatic heterocycles. The molecular formula is C17H22Cl2N4O3S. The molecule has 148 valence electrons. The zero-order valence-electron chi connectivity index (χ0n) is 15.4. The van der Waals surface area contributed by atoms with E-state index >= 15 is 0 Å². The van der Waals surface area contributed by atoms with Crippen molar-refractivity contribution in [1.82, 2.24) is 14.1 Å². The van der Waals surface area contributed by atoms with Crippen molar-refractivity contribution >= 4 is 38.9 Å². The summed E-state index contributed by atoms with van der Waals surface area (Å²) in [7, 11) is -3.21. The third-order valence-electron chi connectivity index (χ3n) is 4.04. The number of nitrogens with one attached hydrogen (secondary N) is 1. The fourth-order valence-corrected chi connectivity index (χ4v) is 3.79. The summed E-state index contributed by atoms with van der Waals surface area (Å²) in [6, 6.07) is 5.19. The number of nitrogens with zero attached hydrogens (tertiary/aromatic N) is 3. The van der Waals surface area contributed by atoms with Gasteiger partial charge in [-0.2, -0.15) is 9.78 Å². The van der Waals surface area contributed by atoms with E-state index in [0.29, 0.717) is 42.5 Å². The molecule has 2 rings (SSSR count). The van der Waals surface area contributed by atoms with Crippen LogP contribution in [0, 0.1) is 6.92 Å².